The van der Waals surface area contributed by atoms with Crippen molar-refractivity contribution >= 4 is 39.8 Å². The van der Waals surface area contributed by atoms with E-state index < -0.39 is 11.3 Å². The van der Waals surface area contributed by atoms with Crippen LogP contribution in [0.1, 0.15) is 17.7 Å². The number of imide groups is 1. The number of nitrogens with zero attached hydrogens (tertiary/aromatic N) is 1. The highest BCUT2D eigenvalue weighted by atomic mass is 32.2. The average molecular weight is 323 g/mol. The van der Waals surface area contributed by atoms with Gasteiger partial charge in [-0.25, -0.2) is 4.79 Å². The fourth-order valence-electron chi connectivity index (χ4n) is 1.77. The van der Waals surface area contributed by atoms with Gasteiger partial charge in [-0.3, -0.25) is 15.1 Å². The highest BCUT2D eigenvalue weighted by molar-refractivity contribution is 8.39. The van der Waals surface area contributed by atoms with Crippen molar-refractivity contribution in [2.24, 2.45) is 4.99 Å². The van der Waals surface area contributed by atoms with Gasteiger partial charge in [0.15, 0.2) is 0 Å². The van der Waals surface area contributed by atoms with E-state index >= 15 is 0 Å². The molecular weight excluding hydrogens is 306 g/mol. The fraction of sp³-hybridized carbons (Fsp3) is 0.357. The standard InChI is InChI=1S/C14H17N3O2S2/c1-2-15-13(19)17-12(18)11(10-6-4-3-5-7-10)21-14-16-8-9-20-14/h3-7,11H,2,8-9H2,1H3,(H2,15,17,18,19)/t11-/m1/s1. The normalized spacial score (nSPS) is 15.2. The molecule has 0 spiro atoms. The number of thioether (sulfide) groups is 2. The highest BCUT2D eigenvalue weighted by Crippen LogP contribution is 2.35. The second-order valence-corrected chi connectivity index (χ2v) is 6.69. The molecule has 0 saturated heterocycles. The Morgan fingerprint density at radius 3 is 2.76 bits per heavy atom. The van der Waals surface area contributed by atoms with Crippen LogP contribution in [-0.4, -0.2) is 35.2 Å². The van der Waals surface area contributed by atoms with E-state index in [2.05, 4.69) is 15.6 Å². The summed E-state index contributed by atoms with van der Waals surface area (Å²) in [5, 5.41) is 4.47. The molecular formula is C14H17N3O2S2. The molecule has 0 aliphatic carbocycles. The molecule has 1 atom stereocenters. The van der Waals surface area contributed by atoms with Crippen LogP contribution in [0.4, 0.5) is 4.79 Å². The van der Waals surface area contributed by atoms with Gasteiger partial charge in [-0.15, -0.1) is 0 Å². The summed E-state index contributed by atoms with van der Waals surface area (Å²) >= 11 is 3.04. The number of rotatable bonds is 4. The van der Waals surface area contributed by atoms with E-state index in [1.165, 1.54) is 11.8 Å². The molecule has 0 radical (unpaired) electrons. The molecule has 7 heteroatoms. The monoisotopic (exact) mass is 323 g/mol. The summed E-state index contributed by atoms with van der Waals surface area (Å²) in [6.45, 7) is 3.06. The van der Waals surface area contributed by atoms with Crippen LogP contribution in [0.15, 0.2) is 35.3 Å². The van der Waals surface area contributed by atoms with E-state index in [0.29, 0.717) is 6.54 Å². The van der Waals surface area contributed by atoms with Crippen molar-refractivity contribution in [1.82, 2.24) is 10.6 Å². The van der Waals surface area contributed by atoms with Crippen molar-refractivity contribution in [1.29, 1.82) is 0 Å². The summed E-state index contributed by atoms with van der Waals surface area (Å²) < 4.78 is 0.898. The predicted octanol–water partition coefficient (Wildman–Crippen LogP) is 2.41. The van der Waals surface area contributed by atoms with E-state index in [0.717, 1.165) is 22.2 Å². The number of hydrogen-bond acceptors (Lipinski definition) is 5. The SMILES string of the molecule is CCNC(=O)NC(=O)[C@H](SC1=NCCS1)c1ccccc1. The van der Waals surface area contributed by atoms with E-state index in [4.69, 9.17) is 0 Å². The Balaban J connectivity index is 2.11. The third-order valence-corrected chi connectivity index (χ3v) is 5.15. The zero-order valence-corrected chi connectivity index (χ0v) is 13.3. The second-order valence-electron chi connectivity index (χ2n) is 4.25. The highest BCUT2D eigenvalue weighted by Gasteiger charge is 2.26. The molecule has 2 N–H and O–H groups in total. The summed E-state index contributed by atoms with van der Waals surface area (Å²) in [7, 11) is 0. The Labute approximate surface area is 132 Å². The van der Waals surface area contributed by atoms with Crippen molar-refractivity contribution in [2.75, 3.05) is 18.8 Å². The van der Waals surface area contributed by atoms with E-state index in [-0.39, 0.29) is 5.91 Å². The molecule has 1 aliphatic heterocycles. The van der Waals surface area contributed by atoms with Crippen LogP contribution in [-0.2, 0) is 4.79 Å². The van der Waals surface area contributed by atoms with Gasteiger partial charge in [0, 0.05) is 12.3 Å². The largest absolute Gasteiger partial charge is 0.338 e. The zero-order chi connectivity index (χ0) is 15.1. The van der Waals surface area contributed by atoms with Crippen LogP contribution in [0.2, 0.25) is 0 Å². The van der Waals surface area contributed by atoms with Crippen molar-refractivity contribution < 1.29 is 9.59 Å². The number of amides is 3. The molecule has 1 heterocycles. The number of benzene rings is 1. The van der Waals surface area contributed by atoms with Gasteiger partial charge in [-0.05, 0) is 12.5 Å². The van der Waals surface area contributed by atoms with Gasteiger partial charge in [-0.1, -0.05) is 53.9 Å². The lowest BCUT2D eigenvalue weighted by Crippen LogP contribution is -2.41. The molecule has 5 nitrogen and oxygen atoms in total. The molecule has 0 fully saturated rings. The summed E-state index contributed by atoms with van der Waals surface area (Å²) in [6, 6.07) is 8.96. The lowest BCUT2D eigenvalue weighted by Gasteiger charge is -2.16. The van der Waals surface area contributed by atoms with Crippen LogP contribution >= 0.6 is 23.5 Å². The Morgan fingerprint density at radius 1 is 1.38 bits per heavy atom. The Bertz CT molecular complexity index is 534. The molecule has 3 amide bonds. The van der Waals surface area contributed by atoms with E-state index in [9.17, 15) is 9.59 Å². The molecule has 112 valence electrons. The first-order valence-electron chi connectivity index (χ1n) is 6.68. The number of urea groups is 1. The van der Waals surface area contributed by atoms with Crippen molar-refractivity contribution in [2.45, 2.75) is 12.2 Å². The molecule has 2 rings (SSSR count). The summed E-state index contributed by atoms with van der Waals surface area (Å²) in [5.74, 6) is 0.620. The van der Waals surface area contributed by atoms with Gasteiger partial charge in [0.25, 0.3) is 0 Å². The van der Waals surface area contributed by atoms with Gasteiger partial charge in [0.05, 0.1) is 6.54 Å². The number of nitrogens with one attached hydrogen (secondary N) is 2. The number of hydrogen-bond donors (Lipinski definition) is 2. The smallest absolute Gasteiger partial charge is 0.321 e. The number of carbonyl (C=O) groups excluding carboxylic acids is 2. The quantitative estimate of drug-likeness (QED) is 0.893. The minimum atomic E-state index is -0.474. The second kappa shape index (κ2) is 8.09. The van der Waals surface area contributed by atoms with Crippen LogP contribution in [0, 0.1) is 0 Å². The van der Waals surface area contributed by atoms with Gasteiger partial charge < -0.3 is 5.32 Å². The molecule has 21 heavy (non-hydrogen) atoms. The number of carbonyl (C=O) groups is 2. The zero-order valence-electron chi connectivity index (χ0n) is 11.7. The maximum absolute atomic E-state index is 12.4. The van der Waals surface area contributed by atoms with E-state index in [1.807, 2.05) is 30.3 Å². The maximum atomic E-state index is 12.4. The lowest BCUT2D eigenvalue weighted by molar-refractivity contribution is -0.119. The van der Waals surface area contributed by atoms with Gasteiger partial charge in [0.2, 0.25) is 5.91 Å². The minimum absolute atomic E-state index is 0.327. The van der Waals surface area contributed by atoms with Crippen molar-refractivity contribution in [3.8, 4) is 0 Å². The first kappa shape index (κ1) is 15.9. The van der Waals surface area contributed by atoms with Gasteiger partial charge in [0.1, 0.15) is 9.63 Å². The summed E-state index contributed by atoms with van der Waals surface area (Å²) in [4.78, 5) is 28.3. The number of aliphatic imine (C=N–C) groups is 1. The Morgan fingerprint density at radius 2 is 2.14 bits per heavy atom. The van der Waals surface area contributed by atoms with Crippen LogP contribution in [0.3, 0.4) is 0 Å². The molecule has 0 aromatic heterocycles. The van der Waals surface area contributed by atoms with Gasteiger partial charge in [-0.2, -0.15) is 0 Å². The van der Waals surface area contributed by atoms with E-state index in [1.54, 1.807) is 18.7 Å². The maximum Gasteiger partial charge on any atom is 0.321 e. The summed E-state index contributed by atoms with van der Waals surface area (Å²) in [5.41, 5.74) is 0.861. The third kappa shape index (κ3) is 4.78. The predicted molar refractivity (Wildman–Crippen MR) is 88.7 cm³/mol. The van der Waals surface area contributed by atoms with Crippen molar-refractivity contribution in [3.05, 3.63) is 35.9 Å². The molecule has 1 aliphatic rings. The molecule has 0 unspecified atom stereocenters. The molecule has 0 bridgehead atoms. The summed E-state index contributed by atoms with van der Waals surface area (Å²) in [6.07, 6.45) is 0. The first-order valence-corrected chi connectivity index (χ1v) is 8.54. The molecule has 1 aromatic rings. The van der Waals surface area contributed by atoms with Crippen LogP contribution in [0.5, 0.6) is 0 Å². The van der Waals surface area contributed by atoms with Crippen LogP contribution in [0.25, 0.3) is 0 Å². The van der Waals surface area contributed by atoms with Gasteiger partial charge >= 0.3 is 6.03 Å². The Hall–Kier alpha value is -1.47. The Kier molecular flexibility index (Phi) is 6.13. The molecule has 0 saturated carbocycles. The minimum Gasteiger partial charge on any atom is -0.338 e. The lowest BCUT2D eigenvalue weighted by atomic mass is 10.1. The first-order chi connectivity index (χ1) is 10.2. The molecule has 1 aromatic carbocycles. The topological polar surface area (TPSA) is 70.6 Å². The average Bonchev–Trinajstić information content (AvgIpc) is 2.99. The van der Waals surface area contributed by atoms with Crippen LogP contribution < -0.4 is 10.6 Å². The third-order valence-electron chi connectivity index (χ3n) is 2.69. The van der Waals surface area contributed by atoms with Crippen molar-refractivity contribution in [3.63, 3.8) is 0 Å². The fourth-order valence-corrected chi connectivity index (χ4v) is 3.95.